The minimum Gasteiger partial charge on any atom is -0.397 e. The van der Waals surface area contributed by atoms with Gasteiger partial charge in [0.15, 0.2) is 9.84 Å². The Hall–Kier alpha value is -2.87. The third-order valence-corrected chi connectivity index (χ3v) is 5.27. The molecule has 7 nitrogen and oxygen atoms in total. The van der Waals surface area contributed by atoms with Crippen molar-refractivity contribution in [2.75, 3.05) is 23.9 Å². The maximum Gasteiger partial charge on any atom is 0.251 e. The lowest BCUT2D eigenvalue weighted by atomic mass is 10.1. The molecule has 0 aromatic heterocycles. The average molecular weight is 404 g/mol. The number of rotatable bonds is 9. The molecular formula is C20H25N3O4S. The Morgan fingerprint density at radius 1 is 0.964 bits per heavy atom. The first-order chi connectivity index (χ1) is 13.3. The van der Waals surface area contributed by atoms with Gasteiger partial charge in [0.1, 0.15) is 0 Å². The van der Waals surface area contributed by atoms with Crippen molar-refractivity contribution in [2.45, 2.75) is 30.6 Å². The average Bonchev–Trinajstić information content (AvgIpc) is 2.65. The van der Waals surface area contributed by atoms with Gasteiger partial charge in [-0.3, -0.25) is 9.59 Å². The van der Waals surface area contributed by atoms with Crippen molar-refractivity contribution in [3.63, 3.8) is 0 Å². The van der Waals surface area contributed by atoms with E-state index in [0.29, 0.717) is 36.3 Å². The lowest BCUT2D eigenvalue weighted by Gasteiger charge is -2.08. The Kier molecular flexibility index (Phi) is 7.57. The van der Waals surface area contributed by atoms with E-state index in [-0.39, 0.29) is 16.7 Å². The molecule has 4 N–H and O–H groups in total. The highest BCUT2D eigenvalue weighted by Gasteiger charge is 2.09. The molecular weight excluding hydrogens is 378 g/mol. The Balaban J connectivity index is 1.64. The second kappa shape index (κ2) is 9.89. The van der Waals surface area contributed by atoms with Crippen molar-refractivity contribution in [3.05, 3.63) is 54.1 Å². The van der Waals surface area contributed by atoms with Crippen LogP contribution in [0.4, 0.5) is 11.4 Å². The van der Waals surface area contributed by atoms with E-state index in [9.17, 15) is 18.0 Å². The third-order valence-electron chi connectivity index (χ3n) is 4.15. The SMILES string of the molecule is CS(=O)(=O)c1ccc(C(=O)NCCCCCC(=O)Nc2ccccc2N)cc1. The molecule has 0 aliphatic carbocycles. The summed E-state index contributed by atoms with van der Waals surface area (Å²) >= 11 is 0. The number of nitrogens with one attached hydrogen (secondary N) is 2. The zero-order valence-corrected chi connectivity index (χ0v) is 16.6. The van der Waals surface area contributed by atoms with Crippen LogP contribution in [0.1, 0.15) is 36.0 Å². The van der Waals surface area contributed by atoms with E-state index in [4.69, 9.17) is 5.73 Å². The van der Waals surface area contributed by atoms with E-state index in [1.807, 2.05) is 6.07 Å². The summed E-state index contributed by atoms with van der Waals surface area (Å²) in [6.07, 6.45) is 3.75. The van der Waals surface area contributed by atoms with E-state index in [2.05, 4.69) is 10.6 Å². The molecule has 0 bridgehead atoms. The van der Waals surface area contributed by atoms with Crippen molar-refractivity contribution in [2.24, 2.45) is 0 Å². The van der Waals surface area contributed by atoms with Crippen molar-refractivity contribution >= 4 is 33.0 Å². The van der Waals surface area contributed by atoms with Gasteiger partial charge in [-0.05, 0) is 49.2 Å². The second-order valence-corrected chi connectivity index (χ2v) is 8.51. The van der Waals surface area contributed by atoms with Gasteiger partial charge in [-0.2, -0.15) is 0 Å². The summed E-state index contributed by atoms with van der Waals surface area (Å²) in [5, 5.41) is 5.57. The fourth-order valence-corrected chi connectivity index (χ4v) is 3.20. The monoisotopic (exact) mass is 403 g/mol. The quantitative estimate of drug-likeness (QED) is 0.439. The second-order valence-electron chi connectivity index (χ2n) is 6.50. The molecule has 0 heterocycles. The number of anilines is 2. The molecule has 0 aliphatic rings. The van der Waals surface area contributed by atoms with Crippen LogP contribution in [0.2, 0.25) is 0 Å². The molecule has 0 atom stereocenters. The maximum atomic E-state index is 12.0. The van der Waals surface area contributed by atoms with Gasteiger partial charge in [-0.25, -0.2) is 8.42 Å². The van der Waals surface area contributed by atoms with Crippen molar-refractivity contribution < 1.29 is 18.0 Å². The molecule has 2 rings (SSSR count). The minimum atomic E-state index is -3.27. The van der Waals surface area contributed by atoms with E-state index < -0.39 is 9.84 Å². The highest BCUT2D eigenvalue weighted by atomic mass is 32.2. The van der Waals surface area contributed by atoms with Crippen LogP contribution in [-0.2, 0) is 14.6 Å². The van der Waals surface area contributed by atoms with E-state index in [1.54, 1.807) is 18.2 Å². The summed E-state index contributed by atoms with van der Waals surface area (Å²) in [6.45, 7) is 0.486. The molecule has 28 heavy (non-hydrogen) atoms. The predicted octanol–water partition coefficient (Wildman–Crippen LogP) is 2.60. The Morgan fingerprint density at radius 2 is 1.64 bits per heavy atom. The fourth-order valence-electron chi connectivity index (χ4n) is 2.57. The molecule has 150 valence electrons. The molecule has 2 aromatic carbocycles. The number of hydrogen-bond acceptors (Lipinski definition) is 5. The van der Waals surface area contributed by atoms with Crippen LogP contribution in [0, 0.1) is 0 Å². The highest BCUT2D eigenvalue weighted by Crippen LogP contribution is 2.17. The number of carbonyl (C=O) groups excluding carboxylic acids is 2. The Bertz CT molecular complexity index is 925. The van der Waals surface area contributed by atoms with Gasteiger partial charge in [0.05, 0.1) is 16.3 Å². The number of nitrogens with two attached hydrogens (primary N) is 1. The molecule has 8 heteroatoms. The molecule has 2 amide bonds. The summed E-state index contributed by atoms with van der Waals surface area (Å²) in [6, 6.07) is 12.9. The number of amides is 2. The summed E-state index contributed by atoms with van der Waals surface area (Å²) in [5.41, 5.74) is 7.34. The summed E-state index contributed by atoms with van der Waals surface area (Å²) < 4.78 is 22.8. The summed E-state index contributed by atoms with van der Waals surface area (Å²) in [5.74, 6) is -0.342. The third kappa shape index (κ3) is 6.70. The van der Waals surface area contributed by atoms with Crippen molar-refractivity contribution in [1.29, 1.82) is 0 Å². The van der Waals surface area contributed by atoms with Crippen LogP contribution in [0.25, 0.3) is 0 Å². The number of para-hydroxylation sites is 2. The van der Waals surface area contributed by atoms with Crippen LogP contribution >= 0.6 is 0 Å². The molecule has 0 saturated carbocycles. The number of sulfone groups is 1. The number of nitrogen functional groups attached to an aromatic ring is 1. The molecule has 0 radical (unpaired) electrons. The van der Waals surface area contributed by atoms with E-state index in [1.165, 1.54) is 24.3 Å². The van der Waals surface area contributed by atoms with Gasteiger partial charge < -0.3 is 16.4 Å². The Morgan fingerprint density at radius 3 is 2.29 bits per heavy atom. The topological polar surface area (TPSA) is 118 Å². The maximum absolute atomic E-state index is 12.0. The van der Waals surface area contributed by atoms with Crippen molar-refractivity contribution in [3.8, 4) is 0 Å². The predicted molar refractivity (Wildman–Crippen MR) is 110 cm³/mol. The molecule has 2 aromatic rings. The normalized spacial score (nSPS) is 11.0. The highest BCUT2D eigenvalue weighted by molar-refractivity contribution is 7.90. The first kappa shape index (κ1) is 21.4. The standard InChI is InChI=1S/C20H25N3O4S/c1-28(26,27)16-12-10-15(11-13-16)20(25)22-14-6-2-3-9-19(24)23-18-8-5-4-7-17(18)21/h4-5,7-8,10-13H,2-3,6,9,14,21H2,1H3,(H,22,25)(H,23,24). The number of unbranched alkanes of at least 4 members (excludes halogenated alkanes) is 2. The summed E-state index contributed by atoms with van der Waals surface area (Å²) in [4.78, 5) is 24.1. The van der Waals surface area contributed by atoms with Crippen LogP contribution in [-0.4, -0.2) is 33.0 Å². The van der Waals surface area contributed by atoms with Crippen LogP contribution < -0.4 is 16.4 Å². The molecule has 0 aliphatic heterocycles. The lowest BCUT2D eigenvalue weighted by Crippen LogP contribution is -2.24. The largest absolute Gasteiger partial charge is 0.397 e. The van der Waals surface area contributed by atoms with E-state index >= 15 is 0 Å². The fraction of sp³-hybridized carbons (Fsp3) is 0.300. The van der Waals surface area contributed by atoms with Gasteiger partial charge in [0.2, 0.25) is 5.91 Å². The molecule has 0 unspecified atom stereocenters. The van der Waals surface area contributed by atoms with Gasteiger partial charge in [-0.15, -0.1) is 0 Å². The Labute approximate surface area is 165 Å². The molecule has 0 spiro atoms. The number of carbonyl (C=O) groups is 2. The molecule has 0 saturated heterocycles. The van der Waals surface area contributed by atoms with Crippen LogP contribution in [0.5, 0.6) is 0 Å². The first-order valence-corrected chi connectivity index (χ1v) is 10.9. The zero-order valence-electron chi connectivity index (χ0n) is 15.8. The zero-order chi connectivity index (χ0) is 20.6. The van der Waals surface area contributed by atoms with Gasteiger partial charge in [-0.1, -0.05) is 18.6 Å². The minimum absolute atomic E-state index is 0.0899. The van der Waals surface area contributed by atoms with Gasteiger partial charge >= 0.3 is 0 Å². The van der Waals surface area contributed by atoms with Crippen LogP contribution in [0.3, 0.4) is 0 Å². The number of hydrogen-bond donors (Lipinski definition) is 3. The summed E-state index contributed by atoms with van der Waals surface area (Å²) in [7, 11) is -3.27. The smallest absolute Gasteiger partial charge is 0.251 e. The van der Waals surface area contributed by atoms with E-state index in [0.717, 1.165) is 19.1 Å². The molecule has 0 fully saturated rings. The van der Waals surface area contributed by atoms with Gasteiger partial charge in [0.25, 0.3) is 5.91 Å². The van der Waals surface area contributed by atoms with Gasteiger partial charge in [0, 0.05) is 24.8 Å². The van der Waals surface area contributed by atoms with Crippen molar-refractivity contribution in [1.82, 2.24) is 5.32 Å². The number of benzene rings is 2. The first-order valence-electron chi connectivity index (χ1n) is 9.00. The van der Waals surface area contributed by atoms with Crippen LogP contribution in [0.15, 0.2) is 53.4 Å². The lowest BCUT2D eigenvalue weighted by molar-refractivity contribution is -0.116.